The molecule has 0 saturated heterocycles. The van der Waals surface area contributed by atoms with E-state index >= 15 is 0 Å². The number of aromatic nitrogens is 2. The van der Waals surface area contributed by atoms with Crippen LogP contribution in [-0.2, 0) is 6.61 Å². The number of nitro benzene ring substituents is 1. The van der Waals surface area contributed by atoms with E-state index in [1.54, 1.807) is 18.2 Å². The number of hydrogen-bond acceptors (Lipinski definition) is 7. The van der Waals surface area contributed by atoms with Crippen LogP contribution in [0.25, 0.3) is 10.9 Å². The van der Waals surface area contributed by atoms with E-state index in [0.717, 1.165) is 4.47 Å². The van der Waals surface area contributed by atoms with Gasteiger partial charge in [0.2, 0.25) is 5.75 Å². The number of methoxy groups -OCH3 is 1. The van der Waals surface area contributed by atoms with E-state index in [-0.39, 0.29) is 35.3 Å². The molecule has 0 fully saturated rings. The summed E-state index contributed by atoms with van der Waals surface area (Å²) in [7, 11) is 1.36. The minimum absolute atomic E-state index is 0.0314. The summed E-state index contributed by atoms with van der Waals surface area (Å²) in [5, 5.41) is 16.6. The third kappa shape index (κ3) is 5.67. The molecule has 1 aromatic heterocycles. The van der Waals surface area contributed by atoms with Gasteiger partial charge in [0.1, 0.15) is 18.2 Å². The van der Waals surface area contributed by atoms with Crippen LogP contribution in [0, 0.1) is 15.9 Å². The van der Waals surface area contributed by atoms with E-state index in [2.05, 4.69) is 26.0 Å². The van der Waals surface area contributed by atoms with Crippen LogP contribution in [0.4, 0.5) is 10.1 Å². The summed E-state index contributed by atoms with van der Waals surface area (Å²) >= 11 is 3.37. The van der Waals surface area contributed by atoms with E-state index in [9.17, 15) is 19.3 Å². The van der Waals surface area contributed by atoms with Crippen molar-refractivity contribution in [3.8, 4) is 11.5 Å². The Balaban J connectivity index is 1.75. The molecule has 0 amide bonds. The number of hydrogen-bond donors (Lipinski definition) is 0. The first-order valence-electron chi connectivity index (χ1n) is 11.2. The topological polar surface area (TPSA) is 109 Å². The summed E-state index contributed by atoms with van der Waals surface area (Å²) in [4.78, 5) is 29.1. The number of nitro groups is 1. The lowest BCUT2D eigenvalue weighted by Gasteiger charge is -2.13. The van der Waals surface area contributed by atoms with E-state index in [1.807, 2.05) is 13.8 Å². The van der Waals surface area contributed by atoms with Gasteiger partial charge in [0, 0.05) is 22.0 Å². The molecule has 3 aromatic carbocycles. The minimum atomic E-state index is -0.597. The molecule has 1 heterocycles. The number of nitrogens with zero attached hydrogens (tertiary/aromatic N) is 4. The second kappa shape index (κ2) is 10.9. The zero-order valence-electron chi connectivity index (χ0n) is 20.1. The average molecular weight is 569 g/mol. The smallest absolute Gasteiger partial charge is 0.315 e. The highest BCUT2D eigenvalue weighted by Crippen LogP contribution is 2.38. The molecule has 0 aliphatic carbocycles. The summed E-state index contributed by atoms with van der Waals surface area (Å²) < 4.78 is 26.1. The van der Waals surface area contributed by atoms with Gasteiger partial charge in [-0.2, -0.15) is 9.78 Å². The van der Waals surface area contributed by atoms with E-state index in [1.165, 1.54) is 54.4 Å². The zero-order valence-corrected chi connectivity index (χ0v) is 21.7. The molecule has 9 nitrogen and oxygen atoms in total. The molecule has 37 heavy (non-hydrogen) atoms. The summed E-state index contributed by atoms with van der Waals surface area (Å²) in [6.45, 7) is 3.75. The lowest BCUT2D eigenvalue weighted by Crippen LogP contribution is -2.23. The second-order valence-corrected chi connectivity index (χ2v) is 9.31. The number of ether oxygens (including phenoxy) is 2. The first-order valence-corrected chi connectivity index (χ1v) is 12.0. The van der Waals surface area contributed by atoms with Crippen molar-refractivity contribution in [2.75, 3.05) is 7.11 Å². The summed E-state index contributed by atoms with van der Waals surface area (Å²) in [6, 6.07) is 13.6. The molecule has 0 N–H and O–H groups in total. The summed E-state index contributed by atoms with van der Waals surface area (Å²) in [5.41, 5.74) is 0.767. The Kier molecular flexibility index (Phi) is 7.63. The highest BCUT2D eigenvalue weighted by Gasteiger charge is 2.22. The fourth-order valence-electron chi connectivity index (χ4n) is 3.63. The van der Waals surface area contributed by atoms with Crippen LogP contribution in [0.3, 0.4) is 0 Å². The van der Waals surface area contributed by atoms with Crippen molar-refractivity contribution in [2.24, 2.45) is 5.10 Å². The molecule has 0 radical (unpaired) electrons. The first-order chi connectivity index (χ1) is 17.7. The Morgan fingerprint density at radius 1 is 1.19 bits per heavy atom. The predicted octanol–water partition coefficient (Wildman–Crippen LogP) is 5.80. The molecule has 0 bridgehead atoms. The van der Waals surface area contributed by atoms with E-state index in [4.69, 9.17) is 9.47 Å². The van der Waals surface area contributed by atoms with Gasteiger partial charge >= 0.3 is 5.69 Å². The lowest BCUT2D eigenvalue weighted by molar-refractivity contribution is -0.386. The van der Waals surface area contributed by atoms with Crippen LogP contribution >= 0.6 is 15.9 Å². The first kappa shape index (κ1) is 26.0. The van der Waals surface area contributed by atoms with E-state index in [0.29, 0.717) is 27.9 Å². The van der Waals surface area contributed by atoms with Crippen molar-refractivity contribution in [1.29, 1.82) is 0 Å². The minimum Gasteiger partial charge on any atom is -0.493 e. The zero-order chi connectivity index (χ0) is 26.7. The highest BCUT2D eigenvalue weighted by atomic mass is 79.9. The van der Waals surface area contributed by atoms with Crippen LogP contribution in [-0.4, -0.2) is 27.9 Å². The maximum Gasteiger partial charge on any atom is 0.315 e. The second-order valence-electron chi connectivity index (χ2n) is 8.39. The van der Waals surface area contributed by atoms with Gasteiger partial charge in [0.05, 0.1) is 29.2 Å². The van der Waals surface area contributed by atoms with Crippen molar-refractivity contribution in [2.45, 2.75) is 26.4 Å². The van der Waals surface area contributed by atoms with Crippen molar-refractivity contribution < 1.29 is 18.8 Å². The third-order valence-corrected chi connectivity index (χ3v) is 5.94. The van der Waals surface area contributed by atoms with Crippen LogP contribution < -0.4 is 15.0 Å². The molecule has 0 saturated carbocycles. The van der Waals surface area contributed by atoms with Crippen LogP contribution in [0.2, 0.25) is 0 Å². The van der Waals surface area contributed by atoms with Crippen LogP contribution in [0.5, 0.6) is 11.5 Å². The van der Waals surface area contributed by atoms with Crippen LogP contribution in [0.15, 0.2) is 69.0 Å². The monoisotopic (exact) mass is 568 g/mol. The molecular weight excluding hydrogens is 547 g/mol. The van der Waals surface area contributed by atoms with Gasteiger partial charge in [0.25, 0.3) is 5.56 Å². The Labute approximate surface area is 219 Å². The third-order valence-electron chi connectivity index (χ3n) is 5.44. The molecule has 4 rings (SSSR count). The SMILES string of the molecule is COc1cc(C=Nn2c(C(C)C)nc3ccc(Br)cc3c2=O)cc([N+](=O)[O-])c1OCc1ccc(F)cc1. The van der Waals surface area contributed by atoms with Crippen molar-refractivity contribution in [3.05, 3.63) is 102 Å². The van der Waals surface area contributed by atoms with E-state index < -0.39 is 10.7 Å². The normalized spacial score (nSPS) is 11.4. The molecule has 0 unspecified atom stereocenters. The Morgan fingerprint density at radius 2 is 1.92 bits per heavy atom. The lowest BCUT2D eigenvalue weighted by atomic mass is 10.1. The van der Waals surface area contributed by atoms with Crippen molar-refractivity contribution in [1.82, 2.24) is 9.66 Å². The standard InChI is InChI=1S/C26H22BrFN4O5/c1-15(2)25-30-21-9-6-18(27)12-20(21)26(33)31(25)29-13-17-10-22(32(34)35)24(23(11-17)36-3)37-14-16-4-7-19(28)8-5-16/h4-13,15H,14H2,1-3H3. The molecular formula is C26H22BrFN4O5. The van der Waals surface area contributed by atoms with Gasteiger partial charge in [-0.05, 0) is 42.0 Å². The molecule has 190 valence electrons. The molecule has 0 atom stereocenters. The number of rotatable bonds is 8. The highest BCUT2D eigenvalue weighted by molar-refractivity contribution is 9.10. The van der Waals surface area contributed by atoms with Gasteiger partial charge in [0.15, 0.2) is 5.75 Å². The van der Waals surface area contributed by atoms with Gasteiger partial charge in [-0.1, -0.05) is 41.9 Å². The quantitative estimate of drug-likeness (QED) is 0.151. The Bertz CT molecular complexity index is 1570. The maximum atomic E-state index is 13.2. The Morgan fingerprint density at radius 3 is 2.57 bits per heavy atom. The van der Waals surface area contributed by atoms with Gasteiger partial charge in [-0.25, -0.2) is 9.37 Å². The largest absolute Gasteiger partial charge is 0.493 e. The number of halogens is 2. The molecule has 0 spiro atoms. The number of benzene rings is 3. The summed E-state index contributed by atoms with van der Waals surface area (Å²) in [5.74, 6) is -0.0493. The molecule has 0 aliphatic heterocycles. The van der Waals surface area contributed by atoms with Crippen molar-refractivity contribution >= 4 is 38.7 Å². The Hall–Kier alpha value is -4.12. The molecule has 0 aliphatic rings. The van der Waals surface area contributed by atoms with Gasteiger partial charge in [-0.15, -0.1) is 0 Å². The van der Waals surface area contributed by atoms with Gasteiger partial charge in [-0.3, -0.25) is 14.9 Å². The number of fused-ring (bicyclic) bond motifs is 1. The van der Waals surface area contributed by atoms with Crippen molar-refractivity contribution in [3.63, 3.8) is 0 Å². The maximum absolute atomic E-state index is 13.2. The average Bonchev–Trinajstić information content (AvgIpc) is 2.87. The van der Waals surface area contributed by atoms with Gasteiger partial charge < -0.3 is 9.47 Å². The summed E-state index contributed by atoms with van der Waals surface area (Å²) in [6.07, 6.45) is 1.33. The fourth-order valence-corrected chi connectivity index (χ4v) is 3.99. The molecule has 11 heteroatoms. The predicted molar refractivity (Wildman–Crippen MR) is 141 cm³/mol. The molecule has 4 aromatic rings. The fraction of sp³-hybridized carbons (Fsp3) is 0.192. The van der Waals surface area contributed by atoms with Crippen LogP contribution in [0.1, 0.15) is 36.7 Å².